The van der Waals surface area contributed by atoms with Gasteiger partial charge in [-0.05, 0) is 12.5 Å². The first kappa shape index (κ1) is 16.9. The smallest absolute Gasteiger partial charge is 0.407 e. The number of hydrogen-bond acceptors (Lipinski definition) is 6. The molecule has 0 spiro atoms. The van der Waals surface area contributed by atoms with Gasteiger partial charge < -0.3 is 20.3 Å². The fraction of sp³-hybridized carbons (Fsp3) is 0.312. The van der Waals surface area contributed by atoms with Crippen molar-refractivity contribution in [2.75, 3.05) is 6.54 Å². The minimum absolute atomic E-state index is 0.134. The summed E-state index contributed by atoms with van der Waals surface area (Å²) in [6.45, 7) is 1.70. The van der Waals surface area contributed by atoms with Crippen LogP contribution in [-0.4, -0.2) is 38.9 Å². The van der Waals surface area contributed by atoms with Crippen LogP contribution < -0.4 is 5.32 Å². The van der Waals surface area contributed by atoms with Crippen molar-refractivity contribution in [3.8, 4) is 0 Å². The lowest BCUT2D eigenvalue weighted by Crippen LogP contribution is -2.36. The molecule has 0 fully saturated rings. The summed E-state index contributed by atoms with van der Waals surface area (Å²) in [4.78, 5) is 19.6. The topological polar surface area (TPSA) is 105 Å². The van der Waals surface area contributed by atoms with Gasteiger partial charge in [0.25, 0.3) is 0 Å². The number of benzene rings is 1. The van der Waals surface area contributed by atoms with Gasteiger partial charge in [-0.25, -0.2) is 4.79 Å². The number of hydrogen-bond donors (Lipinski definition) is 3. The van der Waals surface area contributed by atoms with Crippen LogP contribution in [0.3, 0.4) is 0 Å². The van der Waals surface area contributed by atoms with Crippen molar-refractivity contribution in [1.82, 2.24) is 15.3 Å². The van der Waals surface area contributed by atoms with Crippen molar-refractivity contribution in [1.29, 1.82) is 0 Å². The van der Waals surface area contributed by atoms with Gasteiger partial charge in [0, 0.05) is 12.7 Å². The molecule has 0 saturated heterocycles. The molecule has 2 aromatic rings. The Morgan fingerprint density at radius 1 is 1.26 bits per heavy atom. The number of carbonyl (C=O) groups is 1. The number of amides is 1. The monoisotopic (exact) mass is 317 g/mol. The Kier molecular flexibility index (Phi) is 6.02. The van der Waals surface area contributed by atoms with Crippen molar-refractivity contribution >= 4 is 6.09 Å². The molecule has 122 valence electrons. The van der Waals surface area contributed by atoms with E-state index in [0.29, 0.717) is 5.69 Å². The van der Waals surface area contributed by atoms with Crippen molar-refractivity contribution < 1.29 is 19.7 Å². The molecule has 0 radical (unpaired) electrons. The summed E-state index contributed by atoms with van der Waals surface area (Å²) in [5, 5.41) is 22.3. The molecular formula is C16H19N3O4. The molecule has 7 nitrogen and oxygen atoms in total. The lowest BCUT2D eigenvalue weighted by molar-refractivity contribution is 0.0156. The number of ether oxygens (including phenoxy) is 1. The van der Waals surface area contributed by atoms with Crippen molar-refractivity contribution in [3.63, 3.8) is 0 Å². The number of carbonyl (C=O) groups excluding carboxylic acids is 1. The number of nitrogens with zero attached hydrogens (tertiary/aromatic N) is 2. The van der Waals surface area contributed by atoms with Crippen LogP contribution in [0.2, 0.25) is 0 Å². The second kappa shape index (κ2) is 8.21. The summed E-state index contributed by atoms with van der Waals surface area (Å²) in [5.74, 6) is 0. The van der Waals surface area contributed by atoms with Crippen molar-refractivity contribution in [2.24, 2.45) is 0 Å². The molecule has 0 saturated carbocycles. The SMILES string of the molecule is Cc1cncc(C(O)C(O)CNC(=O)OCc2ccccc2)n1. The Hall–Kier alpha value is -2.51. The number of rotatable bonds is 6. The van der Waals surface area contributed by atoms with E-state index in [2.05, 4.69) is 15.3 Å². The summed E-state index contributed by atoms with van der Waals surface area (Å²) in [7, 11) is 0. The van der Waals surface area contributed by atoms with E-state index in [9.17, 15) is 15.0 Å². The third-order valence-corrected chi connectivity index (χ3v) is 3.11. The highest BCUT2D eigenvalue weighted by Gasteiger charge is 2.21. The zero-order valence-corrected chi connectivity index (χ0v) is 12.7. The maximum absolute atomic E-state index is 11.6. The Morgan fingerprint density at radius 2 is 2.00 bits per heavy atom. The molecule has 0 aliphatic carbocycles. The molecule has 0 aliphatic heterocycles. The Bertz CT molecular complexity index is 636. The number of aliphatic hydroxyl groups is 2. The first-order valence-corrected chi connectivity index (χ1v) is 7.15. The Balaban J connectivity index is 1.77. The number of aromatic nitrogens is 2. The maximum atomic E-state index is 11.6. The zero-order valence-electron chi connectivity index (χ0n) is 12.7. The van der Waals surface area contributed by atoms with E-state index in [0.717, 1.165) is 5.56 Å². The van der Waals surface area contributed by atoms with Gasteiger partial charge in [0.05, 0.1) is 17.6 Å². The van der Waals surface area contributed by atoms with E-state index in [1.165, 1.54) is 6.20 Å². The molecule has 1 heterocycles. The number of nitrogens with one attached hydrogen (secondary N) is 1. The molecule has 23 heavy (non-hydrogen) atoms. The second-order valence-corrected chi connectivity index (χ2v) is 5.04. The third-order valence-electron chi connectivity index (χ3n) is 3.11. The number of alkyl carbamates (subject to hydrolysis) is 1. The van der Waals surface area contributed by atoms with Crippen LogP contribution in [0.4, 0.5) is 4.79 Å². The molecule has 2 rings (SSSR count). The molecule has 2 unspecified atom stereocenters. The molecule has 3 N–H and O–H groups in total. The second-order valence-electron chi connectivity index (χ2n) is 5.04. The highest BCUT2D eigenvalue weighted by atomic mass is 16.5. The highest BCUT2D eigenvalue weighted by molar-refractivity contribution is 5.67. The van der Waals surface area contributed by atoms with Crippen molar-refractivity contribution in [2.45, 2.75) is 25.7 Å². The van der Waals surface area contributed by atoms with Crippen LogP contribution >= 0.6 is 0 Å². The maximum Gasteiger partial charge on any atom is 0.407 e. The standard InChI is InChI=1S/C16H19N3O4/c1-11-7-17-8-13(19-11)15(21)14(20)9-18-16(22)23-10-12-5-3-2-4-6-12/h2-8,14-15,20-21H,9-10H2,1H3,(H,18,22). The molecule has 1 amide bonds. The first-order chi connectivity index (χ1) is 11.1. The number of aryl methyl sites for hydroxylation is 1. The quantitative estimate of drug-likeness (QED) is 0.737. The molecule has 0 bridgehead atoms. The van der Waals surface area contributed by atoms with Crippen LogP contribution in [0.5, 0.6) is 0 Å². The number of aliphatic hydroxyl groups excluding tert-OH is 2. The lowest BCUT2D eigenvalue weighted by Gasteiger charge is -2.17. The third kappa shape index (κ3) is 5.32. The van der Waals surface area contributed by atoms with Gasteiger partial charge in [-0.1, -0.05) is 30.3 Å². The summed E-state index contributed by atoms with van der Waals surface area (Å²) < 4.78 is 5.01. The van der Waals surface area contributed by atoms with Gasteiger partial charge in [-0.3, -0.25) is 9.97 Å². The van der Waals surface area contributed by atoms with Crippen LogP contribution in [0.25, 0.3) is 0 Å². The molecule has 1 aromatic heterocycles. The summed E-state index contributed by atoms with van der Waals surface area (Å²) in [6, 6.07) is 9.24. The average molecular weight is 317 g/mol. The van der Waals surface area contributed by atoms with Gasteiger partial charge in [-0.2, -0.15) is 0 Å². The fourth-order valence-electron chi connectivity index (χ4n) is 1.90. The van der Waals surface area contributed by atoms with Crippen LogP contribution in [0, 0.1) is 6.92 Å². The largest absolute Gasteiger partial charge is 0.445 e. The first-order valence-electron chi connectivity index (χ1n) is 7.15. The molecule has 0 aliphatic rings. The zero-order chi connectivity index (χ0) is 16.7. The van der Waals surface area contributed by atoms with E-state index in [-0.39, 0.29) is 18.8 Å². The predicted molar refractivity (Wildman–Crippen MR) is 82.4 cm³/mol. The predicted octanol–water partition coefficient (Wildman–Crippen LogP) is 1.11. The Labute approximate surface area is 134 Å². The minimum atomic E-state index is -1.24. The van der Waals surface area contributed by atoms with E-state index in [1.807, 2.05) is 30.3 Å². The summed E-state index contributed by atoms with van der Waals surface area (Å²) in [5.41, 5.74) is 1.74. The van der Waals surface area contributed by atoms with Gasteiger partial charge in [-0.15, -0.1) is 0 Å². The van der Waals surface area contributed by atoms with E-state index in [4.69, 9.17) is 4.74 Å². The average Bonchev–Trinajstić information content (AvgIpc) is 2.58. The minimum Gasteiger partial charge on any atom is -0.445 e. The van der Waals surface area contributed by atoms with Gasteiger partial charge in [0.15, 0.2) is 0 Å². The summed E-state index contributed by atoms with van der Waals surface area (Å²) in [6.07, 6.45) is -0.209. The highest BCUT2D eigenvalue weighted by Crippen LogP contribution is 2.13. The van der Waals surface area contributed by atoms with Gasteiger partial charge >= 0.3 is 6.09 Å². The van der Waals surface area contributed by atoms with Crippen LogP contribution in [0.15, 0.2) is 42.7 Å². The van der Waals surface area contributed by atoms with Gasteiger partial charge in [0.2, 0.25) is 0 Å². The van der Waals surface area contributed by atoms with E-state index >= 15 is 0 Å². The molecular weight excluding hydrogens is 298 g/mol. The molecule has 1 aromatic carbocycles. The van der Waals surface area contributed by atoms with E-state index in [1.54, 1.807) is 13.1 Å². The normalized spacial score (nSPS) is 13.2. The fourth-order valence-corrected chi connectivity index (χ4v) is 1.90. The lowest BCUT2D eigenvalue weighted by atomic mass is 10.1. The van der Waals surface area contributed by atoms with Crippen molar-refractivity contribution in [3.05, 3.63) is 59.7 Å². The Morgan fingerprint density at radius 3 is 2.70 bits per heavy atom. The van der Waals surface area contributed by atoms with Crippen LogP contribution in [-0.2, 0) is 11.3 Å². The summed E-state index contributed by atoms with van der Waals surface area (Å²) >= 11 is 0. The van der Waals surface area contributed by atoms with Gasteiger partial charge in [0.1, 0.15) is 18.8 Å². The van der Waals surface area contributed by atoms with E-state index < -0.39 is 18.3 Å². The van der Waals surface area contributed by atoms with Crippen LogP contribution in [0.1, 0.15) is 23.1 Å². The molecule has 2 atom stereocenters. The molecule has 7 heteroatoms.